The molecule has 0 spiro atoms. The molecule has 2 N–H and O–H groups in total. The van der Waals surface area contributed by atoms with Crippen molar-refractivity contribution in [2.75, 3.05) is 0 Å². The molecule has 6 heteroatoms. The molecule has 0 radical (unpaired) electrons. The molecular weight excluding hydrogens is 226 g/mol. The van der Waals surface area contributed by atoms with Crippen molar-refractivity contribution in [1.82, 2.24) is 0 Å². The summed E-state index contributed by atoms with van der Waals surface area (Å²) in [7, 11) is 0. The van der Waals surface area contributed by atoms with Gasteiger partial charge in [-0.3, -0.25) is 9.59 Å². The molecule has 0 amide bonds. The molecule has 4 nitrogen and oxygen atoms in total. The second-order valence-electron chi connectivity index (χ2n) is 4.19. The van der Waals surface area contributed by atoms with Crippen LogP contribution < -0.4 is 48.4 Å². The molecule has 0 unspecified atom stereocenters. The van der Waals surface area contributed by atoms with Gasteiger partial charge in [-0.25, -0.2) is 0 Å². The summed E-state index contributed by atoms with van der Waals surface area (Å²) in [4.78, 5) is 22.2. The van der Waals surface area contributed by atoms with Crippen LogP contribution in [0.25, 0.3) is 0 Å². The molecule has 0 aromatic carbocycles. The van der Waals surface area contributed by atoms with Gasteiger partial charge in [0, 0.05) is 0 Å². The smallest absolute Gasteiger partial charge is 1.00 e. The molecule has 0 bridgehead atoms. The van der Waals surface area contributed by atoms with E-state index in [1.165, 1.54) is 0 Å². The predicted octanol–water partition coefficient (Wildman–Crippen LogP) is -3.39. The van der Waals surface area contributed by atoms with Crippen molar-refractivity contribution in [2.24, 2.45) is 11.3 Å². The first-order chi connectivity index (χ1) is 6.89. The zero-order valence-electron chi connectivity index (χ0n) is 13.6. The van der Waals surface area contributed by atoms with Crippen molar-refractivity contribution < 1.29 is 71.1 Å². The molecule has 0 aliphatic heterocycles. The van der Waals surface area contributed by atoms with Crippen LogP contribution in [-0.2, 0) is 9.59 Å². The van der Waals surface area contributed by atoms with Crippen LogP contribution in [0, 0.1) is 11.3 Å². The first-order valence-corrected chi connectivity index (χ1v) is 5.36. The number of hydrogen-bond acceptors (Lipinski definition) is 2. The molecule has 0 rings (SSSR count). The quantitative estimate of drug-likeness (QED) is 0.280. The predicted molar refractivity (Wildman–Crippen MR) is 58.9 cm³/mol. The van der Waals surface area contributed by atoms with Crippen LogP contribution in [-0.4, -0.2) is 22.2 Å². The maximum Gasteiger partial charge on any atom is 1.00 e. The molecule has 0 fully saturated rings. The Morgan fingerprint density at radius 2 is 1.59 bits per heavy atom. The summed E-state index contributed by atoms with van der Waals surface area (Å²) in [5.74, 6) is -2.84. The van der Waals surface area contributed by atoms with Gasteiger partial charge in [-0.1, -0.05) is 40.0 Å². The molecule has 0 aliphatic carbocycles. The summed E-state index contributed by atoms with van der Waals surface area (Å²) in [6.07, 6.45) is 2.68. The summed E-state index contributed by atoms with van der Waals surface area (Å²) >= 11 is 0. The first kappa shape index (κ1) is 22.7. The minimum atomic E-state index is -1.62. The van der Waals surface area contributed by atoms with Crippen molar-refractivity contribution in [3.05, 3.63) is 0 Å². The summed E-state index contributed by atoms with van der Waals surface area (Å²) in [5, 5.41) is 18.2. The zero-order chi connectivity index (χ0) is 12.1. The summed E-state index contributed by atoms with van der Waals surface area (Å²) in [5.41, 5.74) is -1.62. The van der Waals surface area contributed by atoms with Gasteiger partial charge in [-0.2, -0.15) is 0 Å². The fourth-order valence-electron chi connectivity index (χ4n) is 1.74. The van der Waals surface area contributed by atoms with Gasteiger partial charge in [0.15, 0.2) is 5.41 Å². The summed E-state index contributed by atoms with van der Waals surface area (Å²) in [6, 6.07) is 0. The SMILES string of the molecule is CCCCCC(C(=O)O)(C(=O)O)C(C)C.[H-].[H-].[Li+].[Na+]. The molecule has 0 atom stereocenters. The second-order valence-corrected chi connectivity index (χ2v) is 4.19. The van der Waals surface area contributed by atoms with E-state index in [-0.39, 0.29) is 57.7 Å². The molecule has 92 valence electrons. The molecule has 0 saturated carbocycles. The van der Waals surface area contributed by atoms with Crippen LogP contribution in [0.1, 0.15) is 49.3 Å². The third-order valence-electron chi connectivity index (χ3n) is 2.92. The Morgan fingerprint density at radius 1 is 1.18 bits per heavy atom. The van der Waals surface area contributed by atoms with E-state index in [9.17, 15) is 9.59 Å². The maximum absolute atomic E-state index is 11.1. The average Bonchev–Trinajstić information content (AvgIpc) is 2.10. The largest absolute Gasteiger partial charge is 1.00 e. The van der Waals surface area contributed by atoms with Gasteiger partial charge in [0.05, 0.1) is 0 Å². The van der Waals surface area contributed by atoms with Crippen LogP contribution >= 0.6 is 0 Å². The third kappa shape index (κ3) is 5.80. The van der Waals surface area contributed by atoms with E-state index in [0.29, 0.717) is 6.42 Å². The first-order valence-electron chi connectivity index (χ1n) is 5.36. The fraction of sp³-hybridized carbons (Fsp3) is 0.818. The normalized spacial score (nSPS) is 10.4. The van der Waals surface area contributed by atoms with Gasteiger partial charge in [0.1, 0.15) is 0 Å². The minimum absolute atomic E-state index is 0. The maximum atomic E-state index is 11.1. The molecule has 0 aromatic rings. The second kappa shape index (κ2) is 10.5. The van der Waals surface area contributed by atoms with Gasteiger partial charge in [0.2, 0.25) is 0 Å². The Labute approximate surface area is 140 Å². The Kier molecular flexibility index (Phi) is 14.0. The Balaban J connectivity index is -0.000000163. The van der Waals surface area contributed by atoms with E-state index in [1.807, 2.05) is 6.92 Å². The van der Waals surface area contributed by atoms with Crippen molar-refractivity contribution in [2.45, 2.75) is 46.5 Å². The number of hydrogen-bond donors (Lipinski definition) is 2. The van der Waals surface area contributed by atoms with Crippen molar-refractivity contribution in [3.63, 3.8) is 0 Å². The van der Waals surface area contributed by atoms with Gasteiger partial charge in [0.25, 0.3) is 0 Å². The third-order valence-corrected chi connectivity index (χ3v) is 2.92. The molecule has 0 heterocycles. The summed E-state index contributed by atoms with van der Waals surface area (Å²) in [6.45, 7) is 5.29. The number of carbonyl (C=O) groups is 2. The van der Waals surface area contributed by atoms with Gasteiger partial charge in [-0.15, -0.1) is 0 Å². The molecular formula is C11H22LiNaO4. The monoisotopic (exact) mass is 248 g/mol. The topological polar surface area (TPSA) is 74.6 Å². The van der Waals surface area contributed by atoms with E-state index in [4.69, 9.17) is 10.2 Å². The number of rotatable bonds is 7. The number of carboxylic acids is 2. The van der Waals surface area contributed by atoms with Crippen LogP contribution in [0.4, 0.5) is 0 Å². The van der Waals surface area contributed by atoms with Crippen molar-refractivity contribution in [1.29, 1.82) is 0 Å². The van der Waals surface area contributed by atoms with E-state index >= 15 is 0 Å². The Morgan fingerprint density at radius 3 is 1.82 bits per heavy atom. The molecule has 17 heavy (non-hydrogen) atoms. The van der Waals surface area contributed by atoms with Gasteiger partial charge in [-0.05, 0) is 12.3 Å². The van der Waals surface area contributed by atoms with E-state index < -0.39 is 23.3 Å². The number of aliphatic carboxylic acids is 2. The van der Waals surface area contributed by atoms with Crippen LogP contribution in [0.3, 0.4) is 0 Å². The molecule has 0 saturated heterocycles. The molecule has 0 aliphatic rings. The van der Waals surface area contributed by atoms with E-state index in [2.05, 4.69) is 0 Å². The fourth-order valence-corrected chi connectivity index (χ4v) is 1.74. The van der Waals surface area contributed by atoms with Gasteiger partial charge >= 0.3 is 60.4 Å². The minimum Gasteiger partial charge on any atom is -1.00 e. The van der Waals surface area contributed by atoms with E-state index in [0.717, 1.165) is 12.8 Å². The van der Waals surface area contributed by atoms with Crippen molar-refractivity contribution in [3.8, 4) is 0 Å². The van der Waals surface area contributed by atoms with Crippen molar-refractivity contribution >= 4 is 11.9 Å². The number of carboxylic acid groups (broad SMARTS) is 2. The standard InChI is InChI=1S/C11H20O4.Li.Na.2H/c1-4-5-6-7-11(8(2)3,9(12)13)10(14)15;;;;/h8H,4-7H2,1-3H3,(H,12,13)(H,14,15);;;;/q;2*+1;2*-1. The Bertz CT molecular complexity index is 239. The van der Waals surface area contributed by atoms with E-state index in [1.54, 1.807) is 13.8 Å². The molecule has 0 aromatic heterocycles. The zero-order valence-corrected chi connectivity index (χ0v) is 13.6. The van der Waals surface area contributed by atoms with Crippen LogP contribution in [0.2, 0.25) is 0 Å². The van der Waals surface area contributed by atoms with Gasteiger partial charge < -0.3 is 13.1 Å². The van der Waals surface area contributed by atoms with Crippen LogP contribution in [0.15, 0.2) is 0 Å². The van der Waals surface area contributed by atoms with Crippen LogP contribution in [0.5, 0.6) is 0 Å². The summed E-state index contributed by atoms with van der Waals surface area (Å²) < 4.78 is 0. The number of unbranched alkanes of at least 4 members (excludes halogenated alkanes) is 2. The Hall–Kier alpha value is 0.537. The average molecular weight is 248 g/mol.